The lowest BCUT2D eigenvalue weighted by molar-refractivity contribution is -0.141. The van der Waals surface area contributed by atoms with E-state index in [9.17, 15) is 4.79 Å². The minimum absolute atomic E-state index is 0.335. The smallest absolute Gasteiger partial charge is 0.232 e. The number of ether oxygens (including phenoxy) is 3. The second-order valence-electron chi connectivity index (χ2n) is 4.65. The van der Waals surface area contributed by atoms with Gasteiger partial charge in [-0.25, -0.2) is 0 Å². The molecule has 5 heteroatoms. The van der Waals surface area contributed by atoms with Crippen molar-refractivity contribution in [3.05, 3.63) is 23.8 Å². The van der Waals surface area contributed by atoms with Crippen LogP contribution in [0.1, 0.15) is 12.0 Å². The Kier molecular flexibility index (Phi) is 2.63. The summed E-state index contributed by atoms with van der Waals surface area (Å²) in [5, 5.41) is 0. The lowest BCUT2D eigenvalue weighted by Crippen LogP contribution is -2.56. The third-order valence-corrected chi connectivity index (χ3v) is 3.47. The zero-order chi connectivity index (χ0) is 12.6. The molecule has 2 N–H and O–H groups in total. The lowest BCUT2D eigenvalue weighted by Gasteiger charge is -2.39. The molecule has 0 aromatic heterocycles. The predicted octanol–water partition coefficient (Wildman–Crippen LogP) is 0.601. The summed E-state index contributed by atoms with van der Waals surface area (Å²) in [7, 11) is 0. The van der Waals surface area contributed by atoms with Gasteiger partial charge in [0, 0.05) is 6.42 Å². The van der Waals surface area contributed by atoms with Crippen molar-refractivity contribution in [2.45, 2.75) is 11.8 Å². The number of primary amides is 1. The maximum absolute atomic E-state index is 11.6. The second kappa shape index (κ2) is 4.17. The normalized spacial score (nSPS) is 20.7. The highest BCUT2D eigenvalue weighted by Crippen LogP contribution is 2.38. The minimum Gasteiger partial charge on any atom is -0.490 e. The van der Waals surface area contributed by atoms with Gasteiger partial charge in [-0.2, -0.15) is 0 Å². The Labute approximate surface area is 105 Å². The van der Waals surface area contributed by atoms with Crippen LogP contribution in [-0.2, 0) is 14.9 Å². The average Bonchev–Trinajstić information content (AvgIpc) is 2.51. The first-order chi connectivity index (χ1) is 8.72. The Hall–Kier alpha value is -1.75. The van der Waals surface area contributed by atoms with Crippen molar-refractivity contribution in [3.8, 4) is 11.5 Å². The van der Waals surface area contributed by atoms with Crippen LogP contribution in [-0.4, -0.2) is 32.3 Å². The molecule has 2 aliphatic heterocycles. The molecule has 1 aromatic rings. The van der Waals surface area contributed by atoms with Crippen LogP contribution in [0.5, 0.6) is 11.5 Å². The molecule has 0 saturated carbocycles. The molecule has 96 valence electrons. The van der Waals surface area contributed by atoms with Crippen molar-refractivity contribution >= 4 is 5.91 Å². The van der Waals surface area contributed by atoms with Gasteiger partial charge in [0.2, 0.25) is 5.91 Å². The molecule has 1 saturated heterocycles. The minimum atomic E-state index is -0.704. The quantitative estimate of drug-likeness (QED) is 0.833. The fourth-order valence-electron chi connectivity index (χ4n) is 2.22. The number of amides is 1. The number of carbonyl (C=O) groups excluding carboxylic acids is 1. The molecule has 18 heavy (non-hydrogen) atoms. The van der Waals surface area contributed by atoms with Crippen molar-refractivity contribution in [2.24, 2.45) is 5.73 Å². The summed E-state index contributed by atoms with van der Waals surface area (Å²) < 4.78 is 16.3. The number of nitrogens with two attached hydrogens (primary N) is 1. The van der Waals surface area contributed by atoms with E-state index in [1.165, 1.54) is 0 Å². The third kappa shape index (κ3) is 1.62. The van der Waals surface area contributed by atoms with Crippen LogP contribution >= 0.6 is 0 Å². The summed E-state index contributed by atoms with van der Waals surface area (Å²) >= 11 is 0. The van der Waals surface area contributed by atoms with Gasteiger partial charge in [-0.15, -0.1) is 0 Å². The largest absolute Gasteiger partial charge is 0.490 e. The van der Waals surface area contributed by atoms with Crippen LogP contribution in [0.25, 0.3) is 0 Å². The molecule has 3 rings (SSSR count). The van der Waals surface area contributed by atoms with Crippen LogP contribution in [0.4, 0.5) is 0 Å². The molecule has 0 bridgehead atoms. The summed E-state index contributed by atoms with van der Waals surface area (Å²) in [5.74, 6) is 1.04. The number of hydrogen-bond donors (Lipinski definition) is 1. The maximum Gasteiger partial charge on any atom is 0.232 e. The molecule has 2 aliphatic rings. The summed E-state index contributed by atoms with van der Waals surface area (Å²) in [4.78, 5) is 11.6. The summed E-state index contributed by atoms with van der Waals surface area (Å²) in [6.07, 6.45) is 0.855. The van der Waals surface area contributed by atoms with Crippen molar-refractivity contribution in [1.29, 1.82) is 0 Å². The van der Waals surface area contributed by atoms with E-state index < -0.39 is 5.41 Å². The lowest BCUT2D eigenvalue weighted by atomic mass is 9.78. The van der Waals surface area contributed by atoms with Crippen molar-refractivity contribution in [2.75, 3.05) is 26.4 Å². The van der Waals surface area contributed by atoms with Gasteiger partial charge >= 0.3 is 0 Å². The zero-order valence-electron chi connectivity index (χ0n) is 9.98. The fourth-order valence-corrected chi connectivity index (χ4v) is 2.22. The summed E-state index contributed by atoms with van der Waals surface area (Å²) in [5.41, 5.74) is 5.62. The van der Waals surface area contributed by atoms with Gasteiger partial charge < -0.3 is 19.9 Å². The van der Waals surface area contributed by atoms with E-state index in [0.29, 0.717) is 32.2 Å². The second-order valence-corrected chi connectivity index (χ2v) is 4.65. The van der Waals surface area contributed by atoms with E-state index in [-0.39, 0.29) is 5.91 Å². The monoisotopic (exact) mass is 249 g/mol. The maximum atomic E-state index is 11.6. The Morgan fingerprint density at radius 1 is 1.17 bits per heavy atom. The molecule has 0 radical (unpaired) electrons. The third-order valence-electron chi connectivity index (χ3n) is 3.47. The van der Waals surface area contributed by atoms with E-state index in [4.69, 9.17) is 19.9 Å². The van der Waals surface area contributed by atoms with Crippen molar-refractivity contribution in [1.82, 2.24) is 0 Å². The number of rotatable bonds is 2. The van der Waals surface area contributed by atoms with Crippen molar-refractivity contribution in [3.63, 3.8) is 0 Å². The Morgan fingerprint density at radius 2 is 1.89 bits per heavy atom. The van der Waals surface area contributed by atoms with Crippen LogP contribution in [0.15, 0.2) is 18.2 Å². The first kappa shape index (κ1) is 11.3. The highest BCUT2D eigenvalue weighted by atomic mass is 16.5. The molecule has 1 amide bonds. The van der Waals surface area contributed by atoms with Gasteiger partial charge in [-0.3, -0.25) is 4.79 Å². The SMILES string of the molecule is NC(=O)C1(c2ccc3c(c2)OCCCO3)COC1. The van der Waals surface area contributed by atoms with Gasteiger partial charge in [0.25, 0.3) is 0 Å². The average molecular weight is 249 g/mol. The number of fused-ring (bicyclic) bond motifs is 1. The standard InChI is InChI=1S/C13H15NO4/c14-12(15)13(7-16-8-13)9-2-3-10-11(6-9)18-5-1-4-17-10/h2-3,6H,1,4-5,7-8H2,(H2,14,15). The molecule has 1 fully saturated rings. The molecular weight excluding hydrogens is 234 g/mol. The van der Waals surface area contributed by atoms with Gasteiger partial charge in [-0.05, 0) is 17.7 Å². The highest BCUT2D eigenvalue weighted by molar-refractivity contribution is 5.88. The molecular formula is C13H15NO4. The van der Waals surface area contributed by atoms with Gasteiger partial charge in [0.05, 0.1) is 26.4 Å². The predicted molar refractivity (Wildman–Crippen MR) is 63.7 cm³/mol. The van der Waals surface area contributed by atoms with E-state index >= 15 is 0 Å². The Morgan fingerprint density at radius 3 is 2.50 bits per heavy atom. The number of carbonyl (C=O) groups is 1. The summed E-state index contributed by atoms with van der Waals surface area (Å²) in [6, 6.07) is 5.54. The molecule has 0 aliphatic carbocycles. The van der Waals surface area contributed by atoms with E-state index in [0.717, 1.165) is 17.7 Å². The first-order valence-corrected chi connectivity index (χ1v) is 6.00. The van der Waals surface area contributed by atoms with Gasteiger partial charge in [0.15, 0.2) is 11.5 Å². The van der Waals surface area contributed by atoms with Crippen LogP contribution < -0.4 is 15.2 Å². The molecule has 2 heterocycles. The Balaban J connectivity index is 1.98. The molecule has 0 atom stereocenters. The van der Waals surface area contributed by atoms with Crippen LogP contribution in [0.3, 0.4) is 0 Å². The van der Waals surface area contributed by atoms with E-state index in [2.05, 4.69) is 0 Å². The van der Waals surface area contributed by atoms with Crippen molar-refractivity contribution < 1.29 is 19.0 Å². The molecule has 1 aromatic carbocycles. The molecule has 5 nitrogen and oxygen atoms in total. The van der Waals surface area contributed by atoms with Gasteiger partial charge in [-0.1, -0.05) is 6.07 Å². The van der Waals surface area contributed by atoms with Gasteiger partial charge in [0.1, 0.15) is 5.41 Å². The summed E-state index contributed by atoms with van der Waals surface area (Å²) in [6.45, 7) is 1.94. The Bertz CT molecular complexity index is 482. The van der Waals surface area contributed by atoms with Crippen LogP contribution in [0.2, 0.25) is 0 Å². The zero-order valence-corrected chi connectivity index (χ0v) is 9.98. The fraction of sp³-hybridized carbons (Fsp3) is 0.462. The van der Waals surface area contributed by atoms with Crippen LogP contribution in [0, 0.1) is 0 Å². The van der Waals surface area contributed by atoms with E-state index in [1.807, 2.05) is 18.2 Å². The topological polar surface area (TPSA) is 70.8 Å². The first-order valence-electron chi connectivity index (χ1n) is 6.00. The molecule has 0 spiro atoms. The molecule has 0 unspecified atom stereocenters. The number of benzene rings is 1. The highest BCUT2D eigenvalue weighted by Gasteiger charge is 2.46. The number of hydrogen-bond acceptors (Lipinski definition) is 4. The van der Waals surface area contributed by atoms with E-state index in [1.54, 1.807) is 0 Å².